The first-order valence-electron chi connectivity index (χ1n) is 10.7. The van der Waals surface area contributed by atoms with Gasteiger partial charge >= 0.3 is 11.8 Å². The lowest BCUT2D eigenvalue weighted by molar-refractivity contribution is -0.136. The molecule has 0 heterocycles. The number of methoxy groups -OCH3 is 1. The lowest BCUT2D eigenvalue weighted by Crippen LogP contribution is -2.32. The molecule has 34 heavy (non-hydrogen) atoms. The number of benzene rings is 3. The van der Waals surface area contributed by atoms with Crippen LogP contribution in [-0.2, 0) is 16.2 Å². The molecule has 3 rings (SSSR count). The fraction of sp³-hybridized carbons (Fsp3) is 0.192. The zero-order valence-electron chi connectivity index (χ0n) is 19.3. The molecule has 0 bridgehead atoms. The molecule has 0 unspecified atom stereocenters. The van der Waals surface area contributed by atoms with Gasteiger partial charge in [0.05, 0.1) is 25.6 Å². The van der Waals surface area contributed by atoms with Crippen molar-refractivity contribution in [3.05, 3.63) is 83.4 Å². The van der Waals surface area contributed by atoms with Gasteiger partial charge in [0, 0.05) is 0 Å². The summed E-state index contributed by atoms with van der Waals surface area (Å²) in [5, 5.41) is 6.37. The number of aryl methyl sites for hydroxylation is 1. The Morgan fingerprint density at radius 3 is 2.44 bits per heavy atom. The van der Waals surface area contributed by atoms with Crippen LogP contribution in [-0.4, -0.2) is 31.7 Å². The van der Waals surface area contributed by atoms with Crippen LogP contribution in [0.2, 0.25) is 0 Å². The van der Waals surface area contributed by atoms with E-state index in [4.69, 9.17) is 14.2 Å². The average molecular weight is 462 g/mol. The summed E-state index contributed by atoms with van der Waals surface area (Å²) in [4.78, 5) is 24.3. The second-order valence-corrected chi connectivity index (χ2v) is 7.21. The Morgan fingerprint density at radius 1 is 0.912 bits per heavy atom. The molecule has 0 radical (unpaired) electrons. The molecule has 2 N–H and O–H groups in total. The second kappa shape index (κ2) is 12.1. The summed E-state index contributed by atoms with van der Waals surface area (Å²) in [5.41, 5.74) is 5.50. The number of anilines is 1. The smallest absolute Gasteiger partial charge is 0.329 e. The maximum Gasteiger partial charge on any atom is 0.329 e. The van der Waals surface area contributed by atoms with Crippen molar-refractivity contribution in [2.45, 2.75) is 20.5 Å². The predicted octanol–water partition coefficient (Wildman–Crippen LogP) is 4.07. The van der Waals surface area contributed by atoms with Crippen LogP contribution in [0.15, 0.2) is 71.8 Å². The maximum atomic E-state index is 12.2. The van der Waals surface area contributed by atoms with Gasteiger partial charge < -0.3 is 19.5 Å². The highest BCUT2D eigenvalue weighted by atomic mass is 16.5. The van der Waals surface area contributed by atoms with Crippen LogP contribution in [0, 0.1) is 6.92 Å². The first kappa shape index (κ1) is 24.3. The third-order valence-electron chi connectivity index (χ3n) is 4.85. The molecule has 8 nitrogen and oxygen atoms in total. The van der Waals surface area contributed by atoms with Gasteiger partial charge in [-0.15, -0.1) is 0 Å². The average Bonchev–Trinajstić information content (AvgIpc) is 2.85. The first-order valence-corrected chi connectivity index (χ1v) is 10.7. The van der Waals surface area contributed by atoms with Gasteiger partial charge in [0.25, 0.3) is 0 Å². The zero-order valence-corrected chi connectivity index (χ0v) is 19.3. The SMILES string of the molecule is CCOc1ccccc1NC(=O)C(=O)NN=Cc1ccc(OCc2ccccc2C)c(OC)c1. The van der Waals surface area contributed by atoms with Gasteiger partial charge in [0.15, 0.2) is 11.5 Å². The van der Waals surface area contributed by atoms with E-state index in [0.717, 1.165) is 11.1 Å². The van der Waals surface area contributed by atoms with E-state index in [-0.39, 0.29) is 0 Å². The molecule has 3 aromatic rings. The van der Waals surface area contributed by atoms with E-state index in [9.17, 15) is 9.59 Å². The number of hydrogen-bond acceptors (Lipinski definition) is 6. The predicted molar refractivity (Wildman–Crippen MR) is 130 cm³/mol. The zero-order chi connectivity index (χ0) is 24.3. The highest BCUT2D eigenvalue weighted by Gasteiger charge is 2.15. The molecule has 0 aliphatic rings. The molecule has 0 saturated carbocycles. The van der Waals surface area contributed by atoms with Crippen molar-refractivity contribution in [1.29, 1.82) is 0 Å². The van der Waals surface area contributed by atoms with Gasteiger partial charge in [-0.2, -0.15) is 5.10 Å². The Bertz CT molecular complexity index is 1180. The molecule has 0 atom stereocenters. The Kier molecular flexibility index (Phi) is 8.62. The van der Waals surface area contributed by atoms with Gasteiger partial charge in [-0.25, -0.2) is 5.43 Å². The van der Waals surface area contributed by atoms with Crippen LogP contribution < -0.4 is 25.0 Å². The Morgan fingerprint density at radius 2 is 1.68 bits per heavy atom. The number of nitrogens with zero attached hydrogens (tertiary/aromatic N) is 1. The summed E-state index contributed by atoms with van der Waals surface area (Å²) in [7, 11) is 1.54. The van der Waals surface area contributed by atoms with Crippen LogP contribution in [0.25, 0.3) is 0 Å². The van der Waals surface area contributed by atoms with Crippen molar-refractivity contribution in [2.75, 3.05) is 19.0 Å². The monoisotopic (exact) mass is 461 g/mol. The molecule has 176 valence electrons. The normalized spacial score (nSPS) is 10.6. The van der Waals surface area contributed by atoms with Crippen molar-refractivity contribution in [3.63, 3.8) is 0 Å². The van der Waals surface area contributed by atoms with E-state index in [2.05, 4.69) is 15.8 Å². The van der Waals surface area contributed by atoms with Crippen LogP contribution in [0.5, 0.6) is 17.2 Å². The van der Waals surface area contributed by atoms with Crippen LogP contribution in [0.3, 0.4) is 0 Å². The largest absolute Gasteiger partial charge is 0.493 e. The molecule has 2 amide bonds. The molecule has 8 heteroatoms. The first-order chi connectivity index (χ1) is 16.5. The molecular weight excluding hydrogens is 434 g/mol. The number of para-hydroxylation sites is 2. The second-order valence-electron chi connectivity index (χ2n) is 7.21. The summed E-state index contributed by atoms with van der Waals surface area (Å²) in [5.74, 6) is -0.186. The number of carbonyl (C=O) groups excluding carboxylic acids is 2. The van der Waals surface area contributed by atoms with Gasteiger partial charge in [-0.3, -0.25) is 9.59 Å². The van der Waals surface area contributed by atoms with E-state index < -0.39 is 11.8 Å². The summed E-state index contributed by atoms with van der Waals surface area (Å²) in [6.45, 7) is 4.70. The molecular formula is C26H27N3O5. The van der Waals surface area contributed by atoms with E-state index >= 15 is 0 Å². The van der Waals surface area contributed by atoms with Crippen molar-refractivity contribution in [1.82, 2.24) is 5.43 Å². The number of hydrazone groups is 1. The topological polar surface area (TPSA) is 98.2 Å². The third kappa shape index (κ3) is 6.59. The standard InChI is InChI=1S/C26H27N3O5/c1-4-33-22-12-8-7-11-21(22)28-25(30)26(31)29-27-16-19-13-14-23(24(15-19)32-3)34-17-20-10-6-5-9-18(20)2/h5-16H,4,17H2,1-3H3,(H,28,30)(H,29,31). The maximum absolute atomic E-state index is 12.2. The van der Waals surface area contributed by atoms with Crippen molar-refractivity contribution >= 4 is 23.7 Å². The molecule has 0 saturated heterocycles. The highest BCUT2D eigenvalue weighted by Crippen LogP contribution is 2.28. The summed E-state index contributed by atoms with van der Waals surface area (Å²) in [6.07, 6.45) is 1.41. The van der Waals surface area contributed by atoms with Crippen molar-refractivity contribution < 1.29 is 23.8 Å². The Balaban J connectivity index is 1.58. The number of nitrogens with one attached hydrogen (secondary N) is 2. The van der Waals surface area contributed by atoms with Crippen LogP contribution in [0.1, 0.15) is 23.6 Å². The number of amides is 2. The van der Waals surface area contributed by atoms with E-state index in [1.54, 1.807) is 49.6 Å². The molecule has 0 aliphatic heterocycles. The summed E-state index contributed by atoms with van der Waals surface area (Å²) in [6, 6.07) is 20.1. The third-order valence-corrected chi connectivity index (χ3v) is 4.85. The number of carbonyl (C=O) groups is 2. The minimum Gasteiger partial charge on any atom is -0.493 e. The minimum absolute atomic E-state index is 0.402. The van der Waals surface area contributed by atoms with Gasteiger partial charge in [0.2, 0.25) is 0 Å². The fourth-order valence-electron chi connectivity index (χ4n) is 3.06. The molecule has 0 spiro atoms. The van der Waals surface area contributed by atoms with Gasteiger partial charge in [0.1, 0.15) is 12.4 Å². The van der Waals surface area contributed by atoms with E-state index in [1.807, 2.05) is 38.1 Å². The van der Waals surface area contributed by atoms with E-state index in [1.165, 1.54) is 6.21 Å². The Hall–Kier alpha value is -4.33. The molecule has 0 fully saturated rings. The lowest BCUT2D eigenvalue weighted by Gasteiger charge is -2.12. The highest BCUT2D eigenvalue weighted by molar-refractivity contribution is 6.39. The van der Waals surface area contributed by atoms with Crippen molar-refractivity contribution in [3.8, 4) is 17.2 Å². The lowest BCUT2D eigenvalue weighted by atomic mass is 10.1. The minimum atomic E-state index is -0.910. The molecule has 0 aromatic heterocycles. The number of rotatable bonds is 9. The van der Waals surface area contributed by atoms with Crippen molar-refractivity contribution in [2.24, 2.45) is 5.10 Å². The molecule has 3 aromatic carbocycles. The molecule has 0 aliphatic carbocycles. The fourth-order valence-corrected chi connectivity index (χ4v) is 3.06. The van der Waals surface area contributed by atoms with Gasteiger partial charge in [-0.1, -0.05) is 36.4 Å². The van der Waals surface area contributed by atoms with Crippen LogP contribution in [0.4, 0.5) is 5.69 Å². The quantitative estimate of drug-likeness (QED) is 0.284. The number of hydrogen-bond donors (Lipinski definition) is 2. The summed E-state index contributed by atoms with van der Waals surface area (Å²) >= 11 is 0. The number of ether oxygens (including phenoxy) is 3. The Labute approximate surface area is 198 Å². The van der Waals surface area contributed by atoms with Crippen LogP contribution >= 0.6 is 0 Å². The van der Waals surface area contributed by atoms with E-state index in [0.29, 0.717) is 41.7 Å². The van der Waals surface area contributed by atoms with Gasteiger partial charge in [-0.05, 0) is 60.9 Å². The summed E-state index contributed by atoms with van der Waals surface area (Å²) < 4.78 is 16.8.